The van der Waals surface area contributed by atoms with E-state index in [9.17, 15) is 5.11 Å². The van der Waals surface area contributed by atoms with E-state index in [0.29, 0.717) is 5.82 Å². The first kappa shape index (κ1) is 10.7. The Morgan fingerprint density at radius 1 is 1.59 bits per heavy atom. The zero-order valence-electron chi connectivity index (χ0n) is 9.19. The van der Waals surface area contributed by atoms with Gasteiger partial charge in [0.1, 0.15) is 6.17 Å². The second-order valence-electron chi connectivity index (χ2n) is 4.51. The molecule has 7 heteroatoms. The Labute approximate surface area is 98.0 Å². The van der Waals surface area contributed by atoms with Gasteiger partial charge in [-0.25, -0.2) is 9.98 Å². The molecule has 1 aliphatic heterocycles. The van der Waals surface area contributed by atoms with Gasteiger partial charge in [0.2, 0.25) is 0 Å². The van der Waals surface area contributed by atoms with E-state index in [2.05, 4.69) is 15.0 Å². The molecule has 5 N–H and O–H groups in total. The number of nitrogens with one attached hydrogen (secondary N) is 1. The van der Waals surface area contributed by atoms with Crippen molar-refractivity contribution in [3.8, 4) is 0 Å². The maximum absolute atomic E-state index is 9.89. The molecule has 92 valence electrons. The molecule has 2 heterocycles. The summed E-state index contributed by atoms with van der Waals surface area (Å²) in [5.74, 6) is 0.546. The number of nitrogens with two attached hydrogens (primary N) is 1. The molecule has 0 spiro atoms. The highest BCUT2D eigenvalue weighted by Gasteiger charge is 2.45. The van der Waals surface area contributed by atoms with Gasteiger partial charge in [-0.05, 0) is 6.42 Å². The number of aliphatic hydroxyl groups is 2. The smallest absolute Gasteiger partial charge is 0.178 e. The molecule has 0 aromatic carbocycles. The molecule has 3 rings (SSSR count). The summed E-state index contributed by atoms with van der Waals surface area (Å²) in [7, 11) is 0. The highest BCUT2D eigenvalue weighted by atomic mass is 16.3. The molecule has 4 atom stereocenters. The minimum absolute atomic E-state index is 0.00714. The Bertz CT molecular complexity index is 446. The van der Waals surface area contributed by atoms with Crippen molar-refractivity contribution in [1.82, 2.24) is 14.9 Å². The van der Waals surface area contributed by atoms with Gasteiger partial charge in [-0.3, -0.25) is 0 Å². The van der Waals surface area contributed by atoms with E-state index in [-0.39, 0.29) is 24.7 Å². The highest BCUT2D eigenvalue weighted by Crippen LogP contribution is 2.37. The molecule has 4 unspecified atom stereocenters. The van der Waals surface area contributed by atoms with Gasteiger partial charge in [-0.2, -0.15) is 0 Å². The highest BCUT2D eigenvalue weighted by molar-refractivity contribution is 5.65. The quantitative estimate of drug-likeness (QED) is 0.532. The summed E-state index contributed by atoms with van der Waals surface area (Å²) in [6.07, 6.45) is 2.97. The van der Waals surface area contributed by atoms with Crippen LogP contribution in [0.1, 0.15) is 18.3 Å². The van der Waals surface area contributed by atoms with Crippen LogP contribution in [0.3, 0.4) is 0 Å². The summed E-state index contributed by atoms with van der Waals surface area (Å²) in [5, 5.41) is 18.9. The largest absolute Gasteiger partial charge is 0.396 e. The van der Waals surface area contributed by atoms with Gasteiger partial charge < -0.3 is 25.8 Å². The Hall–Kier alpha value is -1.44. The number of hydrogen-bond acceptors (Lipinski definition) is 6. The number of nitrogens with zero attached hydrogens (tertiary/aromatic N) is 3. The molecule has 0 bridgehead atoms. The Balaban J connectivity index is 1.79. The van der Waals surface area contributed by atoms with Gasteiger partial charge in [0.15, 0.2) is 5.82 Å². The van der Waals surface area contributed by atoms with Gasteiger partial charge in [0, 0.05) is 12.5 Å². The first-order chi connectivity index (χ1) is 8.22. The molecule has 1 aromatic heterocycles. The van der Waals surface area contributed by atoms with Crippen molar-refractivity contribution in [2.45, 2.75) is 24.7 Å². The molecular weight excluding hydrogens is 222 g/mol. The SMILES string of the molecule is NC1c2[nH]cnc2N=CN1C1CC(CO)C1O. The van der Waals surface area contributed by atoms with Crippen molar-refractivity contribution in [2.24, 2.45) is 16.6 Å². The number of imidazole rings is 1. The number of rotatable bonds is 2. The van der Waals surface area contributed by atoms with Gasteiger partial charge in [0.05, 0.1) is 30.5 Å². The third-order valence-electron chi connectivity index (χ3n) is 3.62. The molecule has 1 aliphatic carbocycles. The molecule has 0 amide bonds. The molecule has 0 radical (unpaired) electrons. The molecular formula is C10H15N5O2. The van der Waals surface area contributed by atoms with Crippen LogP contribution in [0, 0.1) is 5.92 Å². The van der Waals surface area contributed by atoms with Crippen LogP contribution >= 0.6 is 0 Å². The fourth-order valence-corrected chi connectivity index (χ4v) is 2.44. The summed E-state index contributed by atoms with van der Waals surface area (Å²) in [6, 6.07) is -0.0812. The van der Waals surface area contributed by atoms with Crippen LogP contribution in [0.2, 0.25) is 0 Å². The number of H-pyrrole nitrogens is 1. The minimum atomic E-state index is -0.554. The predicted octanol–water partition coefficient (Wildman–Crippen LogP) is -0.916. The lowest BCUT2D eigenvalue weighted by Gasteiger charge is -2.48. The van der Waals surface area contributed by atoms with E-state index in [1.54, 1.807) is 12.7 Å². The van der Waals surface area contributed by atoms with Crippen molar-refractivity contribution in [3.05, 3.63) is 12.0 Å². The van der Waals surface area contributed by atoms with Gasteiger partial charge in [0.25, 0.3) is 0 Å². The lowest BCUT2D eigenvalue weighted by atomic mass is 9.76. The Morgan fingerprint density at radius 2 is 2.41 bits per heavy atom. The molecule has 1 saturated carbocycles. The number of hydrogen-bond donors (Lipinski definition) is 4. The van der Waals surface area contributed by atoms with Crippen LogP contribution in [-0.4, -0.2) is 50.2 Å². The fraction of sp³-hybridized carbons (Fsp3) is 0.600. The summed E-state index contributed by atoms with van der Waals surface area (Å²) >= 11 is 0. The first-order valence-corrected chi connectivity index (χ1v) is 5.61. The van der Waals surface area contributed by atoms with E-state index in [4.69, 9.17) is 10.8 Å². The molecule has 2 aliphatic rings. The second kappa shape index (κ2) is 3.80. The summed E-state index contributed by atoms with van der Waals surface area (Å²) in [6.45, 7) is 0.00714. The minimum Gasteiger partial charge on any atom is -0.396 e. The third kappa shape index (κ3) is 1.47. The van der Waals surface area contributed by atoms with Crippen molar-refractivity contribution in [1.29, 1.82) is 0 Å². The lowest BCUT2D eigenvalue weighted by Crippen LogP contribution is -2.59. The number of aliphatic imine (C=N–C) groups is 1. The van der Waals surface area contributed by atoms with E-state index < -0.39 is 6.10 Å². The van der Waals surface area contributed by atoms with E-state index >= 15 is 0 Å². The number of aromatic nitrogens is 2. The zero-order chi connectivity index (χ0) is 12.0. The van der Waals surface area contributed by atoms with Crippen molar-refractivity contribution >= 4 is 12.2 Å². The maximum atomic E-state index is 9.89. The van der Waals surface area contributed by atoms with Crippen LogP contribution in [0.5, 0.6) is 0 Å². The van der Waals surface area contributed by atoms with Crippen molar-refractivity contribution in [3.63, 3.8) is 0 Å². The van der Waals surface area contributed by atoms with Gasteiger partial charge >= 0.3 is 0 Å². The van der Waals surface area contributed by atoms with Crippen molar-refractivity contribution in [2.75, 3.05) is 6.61 Å². The normalized spacial score (nSPS) is 35.6. The summed E-state index contributed by atoms with van der Waals surface area (Å²) in [4.78, 5) is 13.0. The maximum Gasteiger partial charge on any atom is 0.178 e. The van der Waals surface area contributed by atoms with Crippen molar-refractivity contribution < 1.29 is 10.2 Å². The lowest BCUT2D eigenvalue weighted by molar-refractivity contribution is -0.0780. The van der Waals surface area contributed by atoms with Crippen LogP contribution in [0.15, 0.2) is 11.3 Å². The number of aromatic amines is 1. The van der Waals surface area contributed by atoms with E-state index in [1.807, 2.05) is 4.90 Å². The number of aliphatic hydroxyl groups excluding tert-OH is 2. The first-order valence-electron chi connectivity index (χ1n) is 5.61. The zero-order valence-corrected chi connectivity index (χ0v) is 9.19. The summed E-state index contributed by atoms with van der Waals surface area (Å²) in [5.41, 5.74) is 6.84. The van der Waals surface area contributed by atoms with Crippen LogP contribution in [-0.2, 0) is 0 Å². The summed E-state index contributed by atoms with van der Waals surface area (Å²) < 4.78 is 0. The second-order valence-corrected chi connectivity index (χ2v) is 4.51. The molecule has 0 saturated heterocycles. The Kier molecular flexibility index (Phi) is 2.39. The van der Waals surface area contributed by atoms with Gasteiger partial charge in [-0.15, -0.1) is 0 Å². The Morgan fingerprint density at radius 3 is 3.12 bits per heavy atom. The molecule has 7 nitrogen and oxygen atoms in total. The van der Waals surface area contributed by atoms with E-state index in [0.717, 1.165) is 12.1 Å². The average molecular weight is 237 g/mol. The van der Waals surface area contributed by atoms with Crippen LogP contribution in [0.25, 0.3) is 0 Å². The average Bonchev–Trinajstić information content (AvgIpc) is 2.80. The van der Waals surface area contributed by atoms with E-state index in [1.165, 1.54) is 0 Å². The third-order valence-corrected chi connectivity index (χ3v) is 3.62. The molecule has 1 fully saturated rings. The molecule has 17 heavy (non-hydrogen) atoms. The van der Waals surface area contributed by atoms with Crippen LogP contribution in [0.4, 0.5) is 5.82 Å². The standard InChI is InChI=1S/C10H15N5O2/c11-9-7-10(13-3-12-7)14-4-15(9)6-1-5(2-16)8(6)17/h3-6,8-9,16-17H,1-2,11H2,(H,12,13). The molecule has 1 aromatic rings. The van der Waals surface area contributed by atoms with Gasteiger partial charge in [-0.1, -0.05) is 0 Å². The topological polar surface area (TPSA) is 111 Å². The number of fused-ring (bicyclic) bond motifs is 1. The predicted molar refractivity (Wildman–Crippen MR) is 60.5 cm³/mol. The van der Waals surface area contributed by atoms with Crippen LogP contribution < -0.4 is 5.73 Å². The fourth-order valence-electron chi connectivity index (χ4n) is 2.44. The monoisotopic (exact) mass is 237 g/mol.